The maximum atomic E-state index is 13.9. The molecule has 0 amide bonds. The van der Waals surface area contributed by atoms with Gasteiger partial charge in [0, 0.05) is 36.5 Å². The van der Waals surface area contributed by atoms with E-state index in [-0.39, 0.29) is 18.3 Å². The molecule has 6 heteroatoms. The van der Waals surface area contributed by atoms with Gasteiger partial charge in [0.05, 0.1) is 6.42 Å². The summed E-state index contributed by atoms with van der Waals surface area (Å²) in [7, 11) is 0. The van der Waals surface area contributed by atoms with Gasteiger partial charge in [0.15, 0.2) is 0 Å². The molecule has 0 radical (unpaired) electrons. The number of aromatic nitrogens is 1. The van der Waals surface area contributed by atoms with E-state index in [9.17, 15) is 14.3 Å². The molecule has 0 aromatic carbocycles. The number of hydrogen-bond donors (Lipinski definition) is 3. The molecule has 2 aliphatic rings. The van der Waals surface area contributed by atoms with Gasteiger partial charge in [-0.1, -0.05) is 55.2 Å². The van der Waals surface area contributed by atoms with E-state index in [1.807, 2.05) is 55.0 Å². The minimum absolute atomic E-state index is 0.0434. The molecule has 0 fully saturated rings. The van der Waals surface area contributed by atoms with Crippen LogP contribution in [0.3, 0.4) is 0 Å². The van der Waals surface area contributed by atoms with E-state index in [1.54, 1.807) is 18.4 Å². The molecule has 0 saturated heterocycles. The molecular weight excluding hydrogens is 435 g/mol. The van der Waals surface area contributed by atoms with E-state index in [0.717, 1.165) is 28.9 Å². The quantitative estimate of drug-likeness (QED) is 0.255. The molecule has 2 N–H and O–H groups in total. The average Bonchev–Trinajstić information content (AvgIpc) is 2.95. The van der Waals surface area contributed by atoms with Crippen LogP contribution in [0.2, 0.25) is 0 Å². The van der Waals surface area contributed by atoms with Crippen LogP contribution in [0.25, 0.3) is 6.20 Å². The normalized spacial score (nSPS) is 16.2. The number of carboxylic acid groups (broad SMARTS) is 1. The number of fused-ring (bicyclic) bond motifs is 1. The number of aliphatic carboxylic acids is 1. The zero-order chi connectivity index (χ0) is 24.6. The lowest BCUT2D eigenvalue weighted by Gasteiger charge is -2.17. The predicted octanol–water partition coefficient (Wildman–Crippen LogP) is 6.13. The number of rotatable bonds is 7. The van der Waals surface area contributed by atoms with Crippen molar-refractivity contribution in [3.05, 3.63) is 102 Å². The number of halogens is 1. The molecule has 1 aromatic heterocycles. The fourth-order valence-electron chi connectivity index (χ4n) is 3.56. The van der Waals surface area contributed by atoms with Crippen molar-refractivity contribution in [1.29, 1.82) is 0 Å². The molecule has 33 heavy (non-hydrogen) atoms. The van der Waals surface area contributed by atoms with Crippen LogP contribution < -0.4 is 5.32 Å². The number of thiol groups is 1. The zero-order valence-corrected chi connectivity index (χ0v) is 20.6. The van der Waals surface area contributed by atoms with Gasteiger partial charge in [-0.25, -0.2) is 4.39 Å². The van der Waals surface area contributed by atoms with Crippen LogP contribution in [0.1, 0.15) is 35.9 Å². The number of nitrogens with one attached hydrogen (secondary N) is 1. The van der Waals surface area contributed by atoms with Crippen molar-refractivity contribution >= 4 is 24.8 Å². The van der Waals surface area contributed by atoms with Crippen molar-refractivity contribution in [2.75, 3.05) is 6.26 Å². The van der Waals surface area contributed by atoms with Crippen LogP contribution in [0.4, 0.5) is 4.39 Å². The second-order valence-electron chi connectivity index (χ2n) is 7.25. The van der Waals surface area contributed by atoms with Crippen molar-refractivity contribution in [3.8, 4) is 0 Å². The third-order valence-electron chi connectivity index (χ3n) is 5.04. The van der Waals surface area contributed by atoms with Gasteiger partial charge in [0.25, 0.3) is 0 Å². The van der Waals surface area contributed by atoms with Crippen molar-refractivity contribution in [3.63, 3.8) is 0 Å². The molecule has 2 aliphatic heterocycles. The van der Waals surface area contributed by atoms with Crippen molar-refractivity contribution < 1.29 is 14.3 Å². The second-order valence-corrected chi connectivity index (χ2v) is 7.25. The molecule has 3 rings (SSSR count). The van der Waals surface area contributed by atoms with Crippen LogP contribution in [0.15, 0.2) is 79.4 Å². The Morgan fingerprint density at radius 3 is 2.73 bits per heavy atom. The standard InChI is InChI=1S/C18H19FN2O2.C8H12.CH4S/c1-12-15(10-18(22)23)16-7-4-5-13(19)11-21(16)17(12)9-14-6-2-3-8-20-14;1-3-5-7-8-6-4-2;1-2/h2-6,8,11,14,20H,7,9-10H2,1H3,(H,22,23);3-7H,1,8H2,2H3;2H,1H3/b;6-4-,7-5?;. The number of dihydropyridines is 1. The molecule has 1 atom stereocenters. The van der Waals surface area contributed by atoms with Crippen molar-refractivity contribution in [2.45, 2.75) is 45.6 Å². The summed E-state index contributed by atoms with van der Waals surface area (Å²) < 4.78 is 15.7. The van der Waals surface area contributed by atoms with E-state index in [1.165, 1.54) is 12.3 Å². The maximum Gasteiger partial charge on any atom is 0.307 e. The first kappa shape index (κ1) is 28.0. The molecule has 3 heterocycles. The Morgan fingerprint density at radius 1 is 1.36 bits per heavy atom. The smallest absolute Gasteiger partial charge is 0.307 e. The minimum atomic E-state index is -0.871. The van der Waals surface area contributed by atoms with Crippen LogP contribution in [-0.2, 0) is 24.1 Å². The molecular formula is C27H35FN2O2S. The Labute approximate surface area is 202 Å². The fourth-order valence-corrected chi connectivity index (χ4v) is 3.56. The Bertz CT molecular complexity index is 965. The SMILES string of the molecule is C=CC=CC/C=C\C.CS.Cc1c(CC(=O)O)c2n(c1CC1C=CC=CN1)C=C(F)C=CC2. The largest absolute Gasteiger partial charge is 0.481 e. The summed E-state index contributed by atoms with van der Waals surface area (Å²) in [4.78, 5) is 11.2. The van der Waals surface area contributed by atoms with Gasteiger partial charge < -0.3 is 15.0 Å². The lowest BCUT2D eigenvalue weighted by Crippen LogP contribution is -2.27. The van der Waals surface area contributed by atoms with Gasteiger partial charge in [-0.05, 0) is 56.0 Å². The molecule has 1 aromatic rings. The minimum Gasteiger partial charge on any atom is -0.481 e. The number of carboxylic acids is 1. The van der Waals surface area contributed by atoms with Gasteiger partial charge in [-0.3, -0.25) is 4.79 Å². The predicted molar refractivity (Wildman–Crippen MR) is 141 cm³/mol. The molecule has 178 valence electrons. The van der Waals surface area contributed by atoms with E-state index in [0.29, 0.717) is 12.8 Å². The summed E-state index contributed by atoms with van der Waals surface area (Å²) in [6, 6.07) is 0.114. The Hall–Kier alpha value is -2.99. The lowest BCUT2D eigenvalue weighted by atomic mass is 10.0. The molecule has 0 saturated carbocycles. The Kier molecular flexibility index (Phi) is 13.4. The molecule has 4 nitrogen and oxygen atoms in total. The third-order valence-corrected chi connectivity index (χ3v) is 5.04. The topological polar surface area (TPSA) is 54.3 Å². The maximum absolute atomic E-state index is 13.9. The van der Waals surface area contributed by atoms with Crippen LogP contribution in [0, 0.1) is 6.92 Å². The van der Waals surface area contributed by atoms with Crippen molar-refractivity contribution in [1.82, 2.24) is 9.88 Å². The van der Waals surface area contributed by atoms with Gasteiger partial charge in [-0.15, -0.1) is 0 Å². The average molecular weight is 471 g/mol. The van der Waals surface area contributed by atoms with Gasteiger partial charge in [0.2, 0.25) is 0 Å². The summed E-state index contributed by atoms with van der Waals surface area (Å²) in [5, 5.41) is 12.4. The Morgan fingerprint density at radius 2 is 2.12 bits per heavy atom. The highest BCUT2D eigenvalue weighted by Gasteiger charge is 2.23. The highest BCUT2D eigenvalue weighted by molar-refractivity contribution is 7.79. The number of allylic oxidation sites excluding steroid dienone is 10. The van der Waals surface area contributed by atoms with Gasteiger partial charge in [-0.2, -0.15) is 12.6 Å². The highest BCUT2D eigenvalue weighted by Crippen LogP contribution is 2.28. The first-order chi connectivity index (χ1) is 16.0. The van der Waals surface area contributed by atoms with Crippen LogP contribution >= 0.6 is 12.6 Å². The third kappa shape index (κ3) is 9.18. The van der Waals surface area contributed by atoms with Gasteiger partial charge >= 0.3 is 5.97 Å². The summed E-state index contributed by atoms with van der Waals surface area (Å²) in [6.45, 7) is 7.49. The van der Waals surface area contributed by atoms with Crippen LogP contribution in [-0.4, -0.2) is 27.9 Å². The summed E-state index contributed by atoms with van der Waals surface area (Å²) in [5.74, 6) is -1.20. The number of nitrogens with zero attached hydrogens (tertiary/aromatic N) is 1. The summed E-state index contributed by atoms with van der Waals surface area (Å²) in [6.07, 6.45) is 26.2. The molecule has 0 bridgehead atoms. The first-order valence-corrected chi connectivity index (χ1v) is 11.8. The van der Waals surface area contributed by atoms with E-state index in [4.69, 9.17) is 0 Å². The summed E-state index contributed by atoms with van der Waals surface area (Å²) >= 11 is 3.53. The molecule has 0 aliphatic carbocycles. The zero-order valence-electron chi connectivity index (χ0n) is 19.7. The Balaban J connectivity index is 0.000000464. The summed E-state index contributed by atoms with van der Waals surface area (Å²) in [5.41, 5.74) is 3.54. The van der Waals surface area contributed by atoms with E-state index < -0.39 is 5.97 Å². The van der Waals surface area contributed by atoms with Crippen molar-refractivity contribution in [2.24, 2.45) is 0 Å². The van der Waals surface area contributed by atoms with Gasteiger partial charge in [0.1, 0.15) is 5.83 Å². The van der Waals surface area contributed by atoms with E-state index >= 15 is 0 Å². The fraction of sp³-hybridized carbons (Fsp3) is 0.296. The molecule has 1 unspecified atom stereocenters. The monoisotopic (exact) mass is 470 g/mol. The highest BCUT2D eigenvalue weighted by atomic mass is 32.1. The lowest BCUT2D eigenvalue weighted by molar-refractivity contribution is -0.136. The number of hydrogen-bond acceptors (Lipinski definition) is 3. The van der Waals surface area contributed by atoms with Crippen LogP contribution in [0.5, 0.6) is 0 Å². The second kappa shape index (κ2) is 15.8. The first-order valence-electron chi connectivity index (χ1n) is 10.9. The van der Waals surface area contributed by atoms with E-state index in [2.05, 4.69) is 36.7 Å². The molecule has 0 spiro atoms. The number of carbonyl (C=O) groups is 1.